The van der Waals surface area contributed by atoms with Gasteiger partial charge in [0.25, 0.3) is 11.4 Å². The van der Waals surface area contributed by atoms with Gasteiger partial charge in [0.2, 0.25) is 0 Å². The highest BCUT2D eigenvalue weighted by molar-refractivity contribution is 5.98. The Kier molecular flexibility index (Phi) is 7.05. The van der Waals surface area contributed by atoms with Crippen LogP contribution in [-0.2, 0) is 6.42 Å². The summed E-state index contributed by atoms with van der Waals surface area (Å²) in [4.78, 5) is 35.1. The summed E-state index contributed by atoms with van der Waals surface area (Å²) in [6.07, 6.45) is 3.22. The summed E-state index contributed by atoms with van der Waals surface area (Å²) in [5.74, 6) is 1.06. The number of carbonyl (C=O) groups excluding carboxylic acids is 1. The predicted molar refractivity (Wildman–Crippen MR) is 144 cm³/mol. The molecule has 0 unspecified atom stereocenters. The number of hydrogen-bond acceptors (Lipinski definition) is 7. The normalized spacial score (nSPS) is 10.9. The fourth-order valence-corrected chi connectivity index (χ4v) is 4.23. The van der Waals surface area contributed by atoms with E-state index in [0.29, 0.717) is 51.0 Å². The van der Waals surface area contributed by atoms with Crippen LogP contribution in [0.25, 0.3) is 16.7 Å². The lowest BCUT2D eigenvalue weighted by atomic mass is 10.0. The Morgan fingerprint density at radius 3 is 2.38 bits per heavy atom. The maximum absolute atomic E-state index is 13.3. The van der Waals surface area contributed by atoms with Crippen LogP contribution in [0.3, 0.4) is 0 Å². The molecule has 3 heterocycles. The number of carbonyl (C=O) groups is 1. The van der Waals surface area contributed by atoms with Gasteiger partial charge in [0, 0.05) is 36.6 Å². The highest BCUT2D eigenvalue weighted by atomic mass is 19.1. The van der Waals surface area contributed by atoms with E-state index in [1.54, 1.807) is 61.8 Å². The van der Waals surface area contributed by atoms with Crippen molar-refractivity contribution < 1.29 is 23.4 Å². The zero-order valence-corrected chi connectivity index (χ0v) is 21.5. The summed E-state index contributed by atoms with van der Waals surface area (Å²) in [6.45, 7) is 1.72. The van der Waals surface area contributed by atoms with Crippen LogP contribution in [0.15, 0.2) is 83.9 Å². The molecule has 0 N–H and O–H groups in total. The van der Waals surface area contributed by atoms with Gasteiger partial charge in [-0.25, -0.2) is 9.37 Å². The Balaban J connectivity index is 1.37. The van der Waals surface area contributed by atoms with Crippen LogP contribution in [0.5, 0.6) is 23.1 Å². The largest absolute Gasteiger partial charge is 0.491 e. The fraction of sp³-hybridized carbons (Fsp3) is 0.133. The SMILES string of the molecule is COc1cc2nccc(Oc3ccc(CC(=O)c4c(C)ccn(-c5ccc(F)cc5)c4=O)cc3)c2nc1OC. The van der Waals surface area contributed by atoms with Gasteiger partial charge in [-0.15, -0.1) is 0 Å². The average molecular weight is 526 g/mol. The molecule has 2 aromatic carbocycles. The maximum Gasteiger partial charge on any atom is 0.266 e. The first-order valence-corrected chi connectivity index (χ1v) is 12.0. The number of pyridine rings is 3. The number of hydrogen-bond donors (Lipinski definition) is 0. The summed E-state index contributed by atoms with van der Waals surface area (Å²) in [5.41, 5.74) is 2.51. The third-order valence-electron chi connectivity index (χ3n) is 6.22. The Bertz CT molecular complexity index is 1730. The lowest BCUT2D eigenvalue weighted by Gasteiger charge is -2.12. The van der Waals surface area contributed by atoms with Crippen LogP contribution in [0.1, 0.15) is 21.5 Å². The predicted octanol–water partition coefficient (Wildman–Crippen LogP) is 5.46. The number of ether oxygens (including phenoxy) is 3. The van der Waals surface area contributed by atoms with Crippen molar-refractivity contribution in [2.75, 3.05) is 14.2 Å². The van der Waals surface area contributed by atoms with E-state index >= 15 is 0 Å². The fourth-order valence-electron chi connectivity index (χ4n) is 4.23. The van der Waals surface area contributed by atoms with Crippen LogP contribution in [0.2, 0.25) is 0 Å². The molecule has 0 atom stereocenters. The molecular weight excluding hydrogens is 501 g/mol. The molecule has 0 aliphatic rings. The lowest BCUT2D eigenvalue weighted by molar-refractivity contribution is 0.0990. The Hall–Kier alpha value is -5.05. The first-order valence-electron chi connectivity index (χ1n) is 12.0. The van der Waals surface area contributed by atoms with Crippen molar-refractivity contribution in [3.8, 4) is 28.8 Å². The molecule has 196 valence electrons. The number of rotatable bonds is 8. The Morgan fingerprint density at radius 1 is 0.949 bits per heavy atom. The standard InChI is InChI=1S/C30H24FN3O5/c1-18-13-15-34(21-8-6-20(31)7-9-21)30(36)27(18)24(35)16-19-4-10-22(11-5-19)39-25-12-14-32-23-17-26(37-2)29(38-3)33-28(23)25/h4-15,17H,16H2,1-3H3. The van der Waals surface area contributed by atoms with Crippen LogP contribution in [-0.4, -0.2) is 34.5 Å². The number of fused-ring (bicyclic) bond motifs is 1. The average Bonchev–Trinajstić information content (AvgIpc) is 2.94. The van der Waals surface area contributed by atoms with Gasteiger partial charge in [0.15, 0.2) is 17.3 Å². The zero-order chi connectivity index (χ0) is 27.5. The van der Waals surface area contributed by atoms with Gasteiger partial charge in [-0.1, -0.05) is 12.1 Å². The van der Waals surface area contributed by atoms with Gasteiger partial charge in [-0.3, -0.25) is 19.1 Å². The third kappa shape index (κ3) is 5.19. The van der Waals surface area contributed by atoms with E-state index in [4.69, 9.17) is 14.2 Å². The Morgan fingerprint density at radius 2 is 1.69 bits per heavy atom. The second kappa shape index (κ2) is 10.7. The number of halogens is 1. The quantitative estimate of drug-likeness (QED) is 0.248. The van der Waals surface area contributed by atoms with Crippen molar-refractivity contribution in [2.45, 2.75) is 13.3 Å². The number of benzene rings is 2. The third-order valence-corrected chi connectivity index (χ3v) is 6.22. The van der Waals surface area contributed by atoms with Gasteiger partial charge < -0.3 is 14.2 Å². The van der Waals surface area contributed by atoms with Crippen molar-refractivity contribution in [3.63, 3.8) is 0 Å². The van der Waals surface area contributed by atoms with E-state index in [-0.39, 0.29) is 17.8 Å². The van der Waals surface area contributed by atoms with Crippen molar-refractivity contribution in [1.29, 1.82) is 0 Å². The van der Waals surface area contributed by atoms with Crippen LogP contribution < -0.4 is 19.8 Å². The number of aryl methyl sites for hydroxylation is 1. The molecular formula is C30H24FN3O5. The molecule has 0 spiro atoms. The second-order valence-corrected chi connectivity index (χ2v) is 8.75. The summed E-state index contributed by atoms with van der Waals surface area (Å²) in [5, 5.41) is 0. The number of nitrogens with zero attached hydrogens (tertiary/aromatic N) is 3. The highest BCUT2D eigenvalue weighted by Gasteiger charge is 2.18. The van der Waals surface area contributed by atoms with Crippen LogP contribution in [0.4, 0.5) is 4.39 Å². The minimum atomic E-state index is -0.448. The molecule has 3 aromatic heterocycles. The topological polar surface area (TPSA) is 92.5 Å². The molecule has 0 amide bonds. The molecule has 0 saturated heterocycles. The summed E-state index contributed by atoms with van der Waals surface area (Å²) < 4.78 is 31.3. The molecule has 9 heteroatoms. The van der Waals surface area contributed by atoms with Crippen LogP contribution >= 0.6 is 0 Å². The van der Waals surface area contributed by atoms with Gasteiger partial charge in [0.05, 0.1) is 25.3 Å². The lowest BCUT2D eigenvalue weighted by Crippen LogP contribution is -2.27. The minimum absolute atomic E-state index is 0.0283. The van der Waals surface area contributed by atoms with E-state index in [1.165, 1.54) is 43.1 Å². The molecule has 0 bridgehead atoms. The molecule has 5 rings (SSSR count). The molecule has 0 aliphatic carbocycles. The monoisotopic (exact) mass is 525 g/mol. The van der Waals surface area contributed by atoms with Crippen molar-refractivity contribution >= 4 is 16.8 Å². The van der Waals surface area contributed by atoms with E-state index in [0.717, 1.165) is 0 Å². The molecule has 8 nitrogen and oxygen atoms in total. The minimum Gasteiger partial charge on any atom is -0.491 e. The van der Waals surface area contributed by atoms with E-state index < -0.39 is 11.4 Å². The molecule has 0 saturated carbocycles. The highest BCUT2D eigenvalue weighted by Crippen LogP contribution is 2.34. The molecule has 0 fully saturated rings. The summed E-state index contributed by atoms with van der Waals surface area (Å²) in [7, 11) is 3.03. The van der Waals surface area contributed by atoms with Gasteiger partial charge in [-0.05, 0) is 60.5 Å². The zero-order valence-electron chi connectivity index (χ0n) is 21.5. The van der Waals surface area contributed by atoms with E-state index in [2.05, 4.69) is 9.97 Å². The number of methoxy groups -OCH3 is 2. The molecule has 0 radical (unpaired) electrons. The van der Waals surface area contributed by atoms with Crippen LogP contribution in [0, 0.1) is 12.7 Å². The molecule has 5 aromatic rings. The summed E-state index contributed by atoms with van der Waals surface area (Å²) >= 11 is 0. The van der Waals surface area contributed by atoms with Crippen molar-refractivity contribution in [1.82, 2.24) is 14.5 Å². The molecule has 0 aliphatic heterocycles. The second-order valence-electron chi connectivity index (χ2n) is 8.75. The number of ketones is 1. The first-order chi connectivity index (χ1) is 18.9. The van der Waals surface area contributed by atoms with Crippen molar-refractivity contribution in [3.05, 3.63) is 112 Å². The van der Waals surface area contributed by atoms with Gasteiger partial charge in [0.1, 0.15) is 17.1 Å². The smallest absolute Gasteiger partial charge is 0.266 e. The van der Waals surface area contributed by atoms with E-state index in [1.807, 2.05) is 0 Å². The molecule has 39 heavy (non-hydrogen) atoms. The number of Topliss-reactive ketones (excluding diaryl/α,β-unsaturated/α-hetero) is 1. The summed E-state index contributed by atoms with van der Waals surface area (Å²) in [6, 6.07) is 17.7. The number of aromatic nitrogens is 3. The van der Waals surface area contributed by atoms with Crippen molar-refractivity contribution in [2.24, 2.45) is 0 Å². The van der Waals surface area contributed by atoms with Gasteiger partial charge in [-0.2, -0.15) is 0 Å². The first kappa shape index (κ1) is 25.6. The van der Waals surface area contributed by atoms with Gasteiger partial charge >= 0.3 is 0 Å². The van der Waals surface area contributed by atoms with E-state index in [9.17, 15) is 14.0 Å². The Labute approximate surface area is 223 Å². The maximum atomic E-state index is 13.3.